The summed E-state index contributed by atoms with van der Waals surface area (Å²) in [5.74, 6) is 2.06. The molecule has 2 unspecified atom stereocenters. The van der Waals surface area contributed by atoms with Gasteiger partial charge in [0.2, 0.25) is 0 Å². The number of hydrogen-bond donors (Lipinski definition) is 1. The summed E-state index contributed by atoms with van der Waals surface area (Å²) >= 11 is 0. The first-order valence-electron chi connectivity index (χ1n) is 6.93. The van der Waals surface area contributed by atoms with E-state index in [0.717, 1.165) is 24.6 Å². The van der Waals surface area contributed by atoms with Crippen LogP contribution >= 0.6 is 0 Å². The number of anilines is 1. The van der Waals surface area contributed by atoms with Crippen LogP contribution in [0, 0.1) is 18.7 Å². The Morgan fingerprint density at radius 3 is 2.67 bits per heavy atom. The van der Waals surface area contributed by atoms with Crippen LogP contribution in [0.1, 0.15) is 57.0 Å². The van der Waals surface area contributed by atoms with E-state index in [-0.39, 0.29) is 5.82 Å². The molecule has 1 aliphatic rings. The summed E-state index contributed by atoms with van der Waals surface area (Å²) in [4.78, 5) is 8.72. The molecule has 0 spiro atoms. The van der Waals surface area contributed by atoms with Gasteiger partial charge in [0, 0.05) is 12.5 Å². The summed E-state index contributed by atoms with van der Waals surface area (Å²) in [6, 6.07) is 0. The minimum atomic E-state index is -0.314. The molecule has 1 N–H and O–H groups in total. The van der Waals surface area contributed by atoms with Crippen LogP contribution in [0.25, 0.3) is 0 Å². The molecule has 2 atom stereocenters. The zero-order valence-electron chi connectivity index (χ0n) is 11.5. The number of nitrogens with one attached hydrogen (secondary N) is 1. The third-order valence-corrected chi connectivity index (χ3v) is 3.86. The maximum absolute atomic E-state index is 13.8. The molecule has 1 aliphatic carbocycles. The van der Waals surface area contributed by atoms with E-state index in [1.807, 2.05) is 6.92 Å². The number of rotatable bonds is 4. The summed E-state index contributed by atoms with van der Waals surface area (Å²) in [5, 5.41) is 2.98. The summed E-state index contributed by atoms with van der Waals surface area (Å²) in [6.45, 7) is 6.57. The molecule has 0 aliphatic heterocycles. The molecule has 1 aromatic heterocycles. The van der Waals surface area contributed by atoms with Gasteiger partial charge in [-0.05, 0) is 39.0 Å². The molecular formula is C14H22FN3. The lowest BCUT2D eigenvalue weighted by Crippen LogP contribution is -2.10. The Labute approximate surface area is 108 Å². The van der Waals surface area contributed by atoms with E-state index in [9.17, 15) is 4.39 Å². The number of nitrogens with zero attached hydrogens (tertiary/aromatic N) is 2. The molecule has 2 rings (SSSR count). The second-order valence-electron chi connectivity index (χ2n) is 5.14. The Morgan fingerprint density at radius 2 is 2.06 bits per heavy atom. The van der Waals surface area contributed by atoms with Crippen LogP contribution in [0.15, 0.2) is 0 Å². The van der Waals surface area contributed by atoms with E-state index in [2.05, 4.69) is 22.2 Å². The Morgan fingerprint density at radius 1 is 1.28 bits per heavy atom. The lowest BCUT2D eigenvalue weighted by Gasteiger charge is -2.13. The molecule has 0 radical (unpaired) electrons. The Balaban J connectivity index is 2.23. The maximum Gasteiger partial charge on any atom is 0.186 e. The van der Waals surface area contributed by atoms with Crippen LogP contribution in [-0.2, 0) is 0 Å². The Kier molecular flexibility index (Phi) is 4.15. The minimum Gasteiger partial charge on any atom is -0.368 e. The number of aryl methyl sites for hydroxylation is 1. The van der Waals surface area contributed by atoms with E-state index in [1.165, 1.54) is 12.8 Å². The van der Waals surface area contributed by atoms with Crippen LogP contribution in [0.3, 0.4) is 0 Å². The number of hydrogen-bond acceptors (Lipinski definition) is 3. The van der Waals surface area contributed by atoms with Crippen molar-refractivity contribution in [2.24, 2.45) is 5.92 Å². The largest absolute Gasteiger partial charge is 0.368 e. The van der Waals surface area contributed by atoms with Crippen LogP contribution in [0.5, 0.6) is 0 Å². The molecule has 0 bridgehead atoms. The molecule has 18 heavy (non-hydrogen) atoms. The molecule has 100 valence electrons. The van der Waals surface area contributed by atoms with Gasteiger partial charge in [-0.15, -0.1) is 0 Å². The van der Waals surface area contributed by atoms with Crippen molar-refractivity contribution in [3.8, 4) is 0 Å². The van der Waals surface area contributed by atoms with Gasteiger partial charge in [0.25, 0.3) is 0 Å². The number of aromatic nitrogens is 2. The predicted molar refractivity (Wildman–Crippen MR) is 71.3 cm³/mol. The molecule has 0 amide bonds. The quantitative estimate of drug-likeness (QED) is 0.887. The third-order valence-electron chi connectivity index (χ3n) is 3.86. The van der Waals surface area contributed by atoms with Crippen molar-refractivity contribution < 1.29 is 4.39 Å². The van der Waals surface area contributed by atoms with Gasteiger partial charge in [0.05, 0.1) is 5.69 Å². The zero-order chi connectivity index (χ0) is 13.1. The lowest BCUT2D eigenvalue weighted by molar-refractivity contribution is 0.514. The Hall–Kier alpha value is -1.19. The van der Waals surface area contributed by atoms with E-state index >= 15 is 0 Å². The first kappa shape index (κ1) is 13.2. The van der Waals surface area contributed by atoms with Crippen LogP contribution in [0.2, 0.25) is 0 Å². The molecule has 1 heterocycles. The van der Waals surface area contributed by atoms with E-state index < -0.39 is 0 Å². The molecule has 3 nitrogen and oxygen atoms in total. The van der Waals surface area contributed by atoms with E-state index in [1.54, 1.807) is 6.92 Å². The highest BCUT2D eigenvalue weighted by atomic mass is 19.1. The summed E-state index contributed by atoms with van der Waals surface area (Å²) in [7, 11) is 0. The fourth-order valence-electron chi connectivity index (χ4n) is 2.73. The highest BCUT2D eigenvalue weighted by molar-refractivity contribution is 5.38. The van der Waals surface area contributed by atoms with Crippen molar-refractivity contribution in [2.45, 2.75) is 52.4 Å². The van der Waals surface area contributed by atoms with Gasteiger partial charge < -0.3 is 5.32 Å². The van der Waals surface area contributed by atoms with Crippen molar-refractivity contribution in [1.29, 1.82) is 0 Å². The highest BCUT2D eigenvalue weighted by Crippen LogP contribution is 2.38. The first-order valence-corrected chi connectivity index (χ1v) is 6.93. The molecule has 1 saturated carbocycles. The van der Waals surface area contributed by atoms with Crippen LogP contribution in [0.4, 0.5) is 10.2 Å². The van der Waals surface area contributed by atoms with Gasteiger partial charge in [-0.2, -0.15) is 0 Å². The average Bonchev–Trinajstić information content (AvgIpc) is 2.83. The average molecular weight is 251 g/mol. The van der Waals surface area contributed by atoms with Crippen molar-refractivity contribution in [3.63, 3.8) is 0 Å². The predicted octanol–water partition coefficient (Wildman–Crippen LogP) is 3.65. The van der Waals surface area contributed by atoms with Gasteiger partial charge >= 0.3 is 0 Å². The summed E-state index contributed by atoms with van der Waals surface area (Å²) in [6.07, 6.45) is 4.75. The SMILES string of the molecule is CCNc1nc(C2CCC(CC)C2)nc(C)c1F. The van der Waals surface area contributed by atoms with Gasteiger partial charge in [0.1, 0.15) is 5.82 Å². The second kappa shape index (κ2) is 5.63. The summed E-state index contributed by atoms with van der Waals surface area (Å²) < 4.78 is 13.8. The first-order chi connectivity index (χ1) is 8.65. The molecule has 1 fully saturated rings. The molecular weight excluding hydrogens is 229 g/mol. The van der Waals surface area contributed by atoms with Gasteiger partial charge in [0.15, 0.2) is 11.6 Å². The van der Waals surface area contributed by atoms with E-state index in [4.69, 9.17) is 0 Å². The standard InChI is InChI=1S/C14H22FN3/c1-4-10-6-7-11(8-10)13-17-9(3)12(15)14(18-13)16-5-2/h10-11H,4-8H2,1-3H3,(H,16,17,18). The van der Waals surface area contributed by atoms with Gasteiger partial charge in [-0.25, -0.2) is 14.4 Å². The fourth-order valence-corrected chi connectivity index (χ4v) is 2.73. The topological polar surface area (TPSA) is 37.8 Å². The third kappa shape index (κ3) is 2.62. The van der Waals surface area contributed by atoms with Crippen molar-refractivity contribution in [2.75, 3.05) is 11.9 Å². The highest BCUT2D eigenvalue weighted by Gasteiger charge is 2.27. The maximum atomic E-state index is 13.8. The summed E-state index contributed by atoms with van der Waals surface area (Å²) in [5.41, 5.74) is 0.455. The van der Waals surface area contributed by atoms with Gasteiger partial charge in [-0.3, -0.25) is 0 Å². The Bertz CT molecular complexity index is 420. The normalized spacial score (nSPS) is 23.3. The second-order valence-corrected chi connectivity index (χ2v) is 5.14. The molecule has 4 heteroatoms. The van der Waals surface area contributed by atoms with Crippen LogP contribution < -0.4 is 5.32 Å². The van der Waals surface area contributed by atoms with Gasteiger partial charge in [-0.1, -0.05) is 13.3 Å². The van der Waals surface area contributed by atoms with Crippen molar-refractivity contribution in [3.05, 3.63) is 17.3 Å². The molecule has 1 aromatic rings. The number of halogens is 1. The molecule has 0 aromatic carbocycles. The van der Waals surface area contributed by atoms with Crippen LogP contribution in [-0.4, -0.2) is 16.5 Å². The zero-order valence-corrected chi connectivity index (χ0v) is 11.5. The molecule has 0 saturated heterocycles. The smallest absolute Gasteiger partial charge is 0.186 e. The minimum absolute atomic E-state index is 0.314. The van der Waals surface area contributed by atoms with Crippen molar-refractivity contribution in [1.82, 2.24) is 9.97 Å². The monoisotopic (exact) mass is 251 g/mol. The van der Waals surface area contributed by atoms with Crippen molar-refractivity contribution >= 4 is 5.82 Å². The fraction of sp³-hybridized carbons (Fsp3) is 0.714. The lowest BCUT2D eigenvalue weighted by atomic mass is 10.0. The van der Waals surface area contributed by atoms with E-state index in [0.29, 0.717) is 24.0 Å².